The molecule has 1 aliphatic heterocycles. The monoisotopic (exact) mass is 350 g/mol. The molecule has 0 aromatic heterocycles. The first kappa shape index (κ1) is 18.2. The molecule has 0 bridgehead atoms. The Labute approximate surface area is 155 Å². The highest BCUT2D eigenvalue weighted by atomic mass is 16.2. The summed E-state index contributed by atoms with van der Waals surface area (Å²) in [5, 5.41) is 2.91. The summed E-state index contributed by atoms with van der Waals surface area (Å²) in [5.41, 5.74) is 2.93. The van der Waals surface area contributed by atoms with Crippen molar-refractivity contribution in [1.82, 2.24) is 4.90 Å². The minimum Gasteiger partial charge on any atom is -0.339 e. The topological polar surface area (TPSA) is 49.4 Å². The van der Waals surface area contributed by atoms with Crippen molar-refractivity contribution in [2.45, 2.75) is 39.0 Å². The first-order chi connectivity index (χ1) is 12.7. The van der Waals surface area contributed by atoms with Crippen LogP contribution in [-0.4, -0.2) is 29.8 Å². The lowest BCUT2D eigenvalue weighted by Gasteiger charge is -2.22. The highest BCUT2D eigenvalue weighted by Crippen LogP contribution is 2.21. The maximum absolute atomic E-state index is 12.9. The first-order valence-electron chi connectivity index (χ1n) is 9.47. The van der Waals surface area contributed by atoms with Gasteiger partial charge < -0.3 is 10.2 Å². The van der Waals surface area contributed by atoms with Crippen LogP contribution in [0.2, 0.25) is 0 Å². The summed E-state index contributed by atoms with van der Waals surface area (Å²) >= 11 is 0. The lowest BCUT2D eigenvalue weighted by Crippen LogP contribution is -2.32. The molecule has 1 N–H and O–H groups in total. The second-order valence-corrected chi connectivity index (χ2v) is 6.76. The van der Waals surface area contributed by atoms with E-state index in [1.54, 1.807) is 12.1 Å². The Morgan fingerprint density at radius 2 is 1.58 bits per heavy atom. The van der Waals surface area contributed by atoms with Crippen LogP contribution in [0.4, 0.5) is 5.69 Å². The van der Waals surface area contributed by atoms with Crippen LogP contribution in [0.25, 0.3) is 0 Å². The van der Waals surface area contributed by atoms with Gasteiger partial charge in [0, 0.05) is 18.7 Å². The number of hydrogen-bond donors (Lipinski definition) is 1. The van der Waals surface area contributed by atoms with Crippen molar-refractivity contribution in [3.05, 3.63) is 65.2 Å². The number of benzene rings is 2. The average molecular weight is 350 g/mol. The van der Waals surface area contributed by atoms with Crippen molar-refractivity contribution >= 4 is 17.5 Å². The number of likely N-dealkylation sites (tertiary alicyclic amines) is 1. The van der Waals surface area contributed by atoms with Crippen LogP contribution in [-0.2, 0) is 6.42 Å². The Hall–Kier alpha value is -2.62. The molecule has 3 rings (SSSR count). The number of rotatable bonds is 4. The van der Waals surface area contributed by atoms with E-state index >= 15 is 0 Å². The summed E-state index contributed by atoms with van der Waals surface area (Å²) in [6, 6.07) is 14.9. The third kappa shape index (κ3) is 4.31. The maximum Gasteiger partial charge on any atom is 0.255 e. The van der Waals surface area contributed by atoms with Crippen molar-refractivity contribution in [2.24, 2.45) is 0 Å². The zero-order chi connectivity index (χ0) is 18.4. The highest BCUT2D eigenvalue weighted by Gasteiger charge is 2.20. The Bertz CT molecular complexity index is 760. The van der Waals surface area contributed by atoms with Crippen LogP contribution >= 0.6 is 0 Å². The van der Waals surface area contributed by atoms with Gasteiger partial charge in [0.15, 0.2) is 0 Å². The molecule has 1 saturated heterocycles. The van der Waals surface area contributed by atoms with Crippen molar-refractivity contribution < 1.29 is 9.59 Å². The fraction of sp³-hybridized carbons (Fsp3) is 0.364. The minimum absolute atomic E-state index is 0.00382. The maximum atomic E-state index is 12.9. The molecule has 1 aliphatic rings. The summed E-state index contributed by atoms with van der Waals surface area (Å²) in [7, 11) is 0. The van der Waals surface area contributed by atoms with E-state index in [4.69, 9.17) is 0 Å². The molecular formula is C22H26N2O2. The van der Waals surface area contributed by atoms with E-state index in [2.05, 4.69) is 12.2 Å². The summed E-state index contributed by atoms with van der Waals surface area (Å²) in [6.45, 7) is 3.67. The Kier molecular flexibility index (Phi) is 6.05. The van der Waals surface area contributed by atoms with E-state index in [9.17, 15) is 9.59 Å². The molecule has 0 unspecified atom stereocenters. The normalized spacial score (nSPS) is 14.6. The second kappa shape index (κ2) is 8.65. The number of hydrogen-bond acceptors (Lipinski definition) is 2. The molecule has 2 aromatic rings. The number of para-hydroxylation sites is 1. The van der Waals surface area contributed by atoms with Gasteiger partial charge in [-0.15, -0.1) is 0 Å². The molecule has 0 spiro atoms. The van der Waals surface area contributed by atoms with Crippen LogP contribution in [0.5, 0.6) is 0 Å². The molecule has 1 heterocycles. The molecule has 4 heteroatoms. The SMILES string of the molecule is CCc1ccc(C(=O)Nc2ccccc2C(=O)N2CCCCCC2)cc1. The van der Waals surface area contributed by atoms with Crippen LogP contribution in [0.1, 0.15) is 58.9 Å². The molecule has 0 saturated carbocycles. The number of carbonyl (C=O) groups excluding carboxylic acids is 2. The van der Waals surface area contributed by atoms with E-state index in [0.717, 1.165) is 32.4 Å². The predicted octanol–water partition coefficient (Wildman–Crippen LogP) is 4.52. The van der Waals surface area contributed by atoms with Crippen LogP contribution in [0.15, 0.2) is 48.5 Å². The molecule has 0 aliphatic carbocycles. The lowest BCUT2D eigenvalue weighted by molar-refractivity contribution is 0.0762. The van der Waals surface area contributed by atoms with Gasteiger partial charge in [-0.05, 0) is 49.1 Å². The lowest BCUT2D eigenvalue weighted by atomic mass is 10.1. The number of nitrogens with zero attached hydrogens (tertiary/aromatic N) is 1. The fourth-order valence-corrected chi connectivity index (χ4v) is 3.31. The summed E-state index contributed by atoms with van der Waals surface area (Å²) < 4.78 is 0. The zero-order valence-corrected chi connectivity index (χ0v) is 15.3. The van der Waals surface area contributed by atoms with Crippen LogP contribution in [0.3, 0.4) is 0 Å². The summed E-state index contributed by atoms with van der Waals surface area (Å²) in [5.74, 6) is -0.187. The Balaban J connectivity index is 1.77. The third-order valence-electron chi connectivity index (χ3n) is 4.92. The van der Waals surface area contributed by atoms with Crippen molar-refractivity contribution in [2.75, 3.05) is 18.4 Å². The van der Waals surface area contributed by atoms with Gasteiger partial charge >= 0.3 is 0 Å². The van der Waals surface area contributed by atoms with E-state index in [0.29, 0.717) is 16.8 Å². The Morgan fingerprint density at radius 3 is 2.23 bits per heavy atom. The predicted molar refractivity (Wildman–Crippen MR) is 105 cm³/mol. The number of aryl methyl sites for hydroxylation is 1. The van der Waals surface area contributed by atoms with Crippen molar-refractivity contribution in [3.63, 3.8) is 0 Å². The van der Waals surface area contributed by atoms with Crippen LogP contribution in [0, 0.1) is 0 Å². The van der Waals surface area contributed by atoms with Gasteiger partial charge in [-0.25, -0.2) is 0 Å². The van der Waals surface area contributed by atoms with E-state index in [-0.39, 0.29) is 11.8 Å². The fourth-order valence-electron chi connectivity index (χ4n) is 3.31. The van der Waals surface area contributed by atoms with Crippen molar-refractivity contribution in [1.29, 1.82) is 0 Å². The third-order valence-corrected chi connectivity index (χ3v) is 4.92. The second-order valence-electron chi connectivity index (χ2n) is 6.76. The average Bonchev–Trinajstić information content (AvgIpc) is 2.97. The van der Waals surface area contributed by atoms with Gasteiger partial charge in [0.2, 0.25) is 0 Å². The Morgan fingerprint density at radius 1 is 0.923 bits per heavy atom. The zero-order valence-electron chi connectivity index (χ0n) is 15.3. The minimum atomic E-state index is -0.191. The molecular weight excluding hydrogens is 324 g/mol. The van der Waals surface area contributed by atoms with Gasteiger partial charge in [0.25, 0.3) is 11.8 Å². The molecule has 2 amide bonds. The van der Waals surface area contributed by atoms with E-state index in [1.165, 1.54) is 18.4 Å². The molecule has 4 nitrogen and oxygen atoms in total. The molecule has 136 valence electrons. The van der Waals surface area contributed by atoms with Gasteiger partial charge in [0.1, 0.15) is 0 Å². The molecule has 2 aromatic carbocycles. The largest absolute Gasteiger partial charge is 0.339 e. The molecule has 0 radical (unpaired) electrons. The highest BCUT2D eigenvalue weighted by molar-refractivity contribution is 6.09. The van der Waals surface area contributed by atoms with Gasteiger partial charge in [-0.1, -0.05) is 44.0 Å². The van der Waals surface area contributed by atoms with Gasteiger partial charge in [0.05, 0.1) is 11.3 Å². The van der Waals surface area contributed by atoms with Crippen molar-refractivity contribution in [3.8, 4) is 0 Å². The van der Waals surface area contributed by atoms with Gasteiger partial charge in [-0.2, -0.15) is 0 Å². The van der Waals surface area contributed by atoms with E-state index < -0.39 is 0 Å². The summed E-state index contributed by atoms with van der Waals surface area (Å²) in [6.07, 6.45) is 5.38. The number of amides is 2. The van der Waals surface area contributed by atoms with Gasteiger partial charge in [-0.3, -0.25) is 9.59 Å². The smallest absolute Gasteiger partial charge is 0.255 e. The van der Waals surface area contributed by atoms with Crippen LogP contribution < -0.4 is 5.32 Å². The molecule has 0 atom stereocenters. The number of nitrogens with one attached hydrogen (secondary N) is 1. The summed E-state index contributed by atoms with van der Waals surface area (Å²) in [4.78, 5) is 27.4. The molecule has 1 fully saturated rings. The molecule has 26 heavy (non-hydrogen) atoms. The number of carbonyl (C=O) groups is 2. The quantitative estimate of drug-likeness (QED) is 0.881. The number of anilines is 1. The first-order valence-corrected chi connectivity index (χ1v) is 9.47. The van der Waals surface area contributed by atoms with E-state index in [1.807, 2.05) is 41.3 Å². The standard InChI is InChI=1S/C22H26N2O2/c1-2-17-11-13-18(14-12-17)21(25)23-20-10-6-5-9-19(20)22(26)24-15-7-3-4-8-16-24/h5-6,9-14H,2-4,7-8,15-16H2,1H3,(H,23,25).